The average molecular weight is 275 g/mol. The van der Waals surface area contributed by atoms with E-state index in [1.165, 1.54) is 0 Å². The second-order valence-electron chi connectivity index (χ2n) is 5.27. The van der Waals surface area contributed by atoms with Gasteiger partial charge in [0.2, 0.25) is 0 Å². The van der Waals surface area contributed by atoms with E-state index in [1.807, 2.05) is 16.8 Å². The molecule has 0 radical (unpaired) electrons. The molecule has 2 rings (SSSR count). The van der Waals surface area contributed by atoms with Crippen LogP contribution in [-0.4, -0.2) is 16.3 Å². The highest BCUT2D eigenvalue weighted by atomic mass is 16.3. The Kier molecular flexibility index (Phi) is 5.41. The van der Waals surface area contributed by atoms with Crippen molar-refractivity contribution in [1.82, 2.24) is 15.1 Å². The number of furan rings is 1. The third-order valence-electron chi connectivity index (χ3n) is 3.65. The fourth-order valence-corrected chi connectivity index (χ4v) is 2.21. The predicted octanol–water partition coefficient (Wildman–Crippen LogP) is 3.73. The summed E-state index contributed by atoms with van der Waals surface area (Å²) in [5, 5.41) is 8.20. The zero-order valence-electron chi connectivity index (χ0n) is 12.7. The van der Waals surface area contributed by atoms with Crippen molar-refractivity contribution in [2.45, 2.75) is 52.1 Å². The van der Waals surface area contributed by atoms with Crippen LogP contribution in [0.2, 0.25) is 0 Å². The van der Waals surface area contributed by atoms with Gasteiger partial charge in [-0.2, -0.15) is 5.10 Å². The van der Waals surface area contributed by atoms with Crippen LogP contribution >= 0.6 is 0 Å². The molecular formula is C16H25N3O. The minimum Gasteiger partial charge on any atom is -0.468 e. The topological polar surface area (TPSA) is 43.0 Å². The number of nitrogens with one attached hydrogen (secondary N) is 1. The summed E-state index contributed by atoms with van der Waals surface area (Å²) in [4.78, 5) is 0. The summed E-state index contributed by atoms with van der Waals surface area (Å²) in [5.41, 5.74) is 1.11. The molecule has 110 valence electrons. The van der Waals surface area contributed by atoms with Crippen molar-refractivity contribution < 1.29 is 4.42 Å². The maximum absolute atomic E-state index is 5.54. The van der Waals surface area contributed by atoms with Gasteiger partial charge in [-0.05, 0) is 44.5 Å². The molecule has 4 nitrogen and oxygen atoms in total. The summed E-state index contributed by atoms with van der Waals surface area (Å²) >= 11 is 0. The van der Waals surface area contributed by atoms with Crippen LogP contribution in [0.25, 0.3) is 0 Å². The second-order valence-corrected chi connectivity index (χ2v) is 5.27. The quantitative estimate of drug-likeness (QED) is 0.798. The normalized spacial score (nSPS) is 14.3. The molecule has 0 bridgehead atoms. The Hall–Kier alpha value is -1.55. The van der Waals surface area contributed by atoms with E-state index in [0.717, 1.165) is 37.3 Å². The summed E-state index contributed by atoms with van der Waals surface area (Å²) in [6, 6.07) is 6.72. The van der Waals surface area contributed by atoms with Gasteiger partial charge in [-0.1, -0.05) is 13.8 Å². The van der Waals surface area contributed by atoms with Gasteiger partial charge in [0.15, 0.2) is 0 Å². The van der Waals surface area contributed by atoms with E-state index in [4.69, 9.17) is 4.42 Å². The maximum Gasteiger partial charge on any atom is 0.121 e. The van der Waals surface area contributed by atoms with Crippen molar-refractivity contribution in [2.75, 3.05) is 6.54 Å². The molecule has 0 aliphatic heterocycles. The van der Waals surface area contributed by atoms with Crippen LogP contribution in [0.1, 0.15) is 57.2 Å². The van der Waals surface area contributed by atoms with Crippen molar-refractivity contribution in [3.8, 4) is 0 Å². The molecule has 2 aromatic rings. The van der Waals surface area contributed by atoms with Gasteiger partial charge in [-0.3, -0.25) is 4.68 Å². The van der Waals surface area contributed by atoms with E-state index in [0.29, 0.717) is 6.04 Å². The molecule has 2 unspecified atom stereocenters. The van der Waals surface area contributed by atoms with Crippen molar-refractivity contribution >= 4 is 0 Å². The van der Waals surface area contributed by atoms with Gasteiger partial charge in [0.1, 0.15) is 5.76 Å². The molecule has 4 heteroatoms. The molecule has 0 aromatic carbocycles. The molecule has 0 fully saturated rings. The Morgan fingerprint density at radius 2 is 2.20 bits per heavy atom. The van der Waals surface area contributed by atoms with Gasteiger partial charge >= 0.3 is 0 Å². The van der Waals surface area contributed by atoms with Gasteiger partial charge in [-0.25, -0.2) is 0 Å². The van der Waals surface area contributed by atoms with Crippen LogP contribution in [0.3, 0.4) is 0 Å². The smallest absolute Gasteiger partial charge is 0.121 e. The van der Waals surface area contributed by atoms with Crippen LogP contribution in [0, 0.1) is 0 Å². The second kappa shape index (κ2) is 7.29. The van der Waals surface area contributed by atoms with Gasteiger partial charge in [0, 0.05) is 18.7 Å². The van der Waals surface area contributed by atoms with Crippen molar-refractivity contribution in [2.24, 2.45) is 0 Å². The Morgan fingerprint density at radius 1 is 1.35 bits per heavy atom. The van der Waals surface area contributed by atoms with Crippen LogP contribution < -0.4 is 5.32 Å². The Bertz CT molecular complexity index is 490. The van der Waals surface area contributed by atoms with Crippen molar-refractivity contribution in [1.29, 1.82) is 0 Å². The molecule has 0 saturated carbocycles. The summed E-state index contributed by atoms with van der Waals surface area (Å²) in [7, 11) is 0. The molecule has 20 heavy (non-hydrogen) atoms. The van der Waals surface area contributed by atoms with Crippen molar-refractivity contribution in [3.05, 3.63) is 42.1 Å². The van der Waals surface area contributed by atoms with Gasteiger partial charge in [0.25, 0.3) is 0 Å². The standard InChI is InChI=1S/C16H25N3O/c1-4-9-17-15(16-7-6-11-20-16)12-14-8-10-19(18-14)13(3)5-2/h6-8,10-11,13,15,17H,4-5,9,12H2,1-3H3. The van der Waals surface area contributed by atoms with Crippen LogP contribution in [-0.2, 0) is 6.42 Å². The van der Waals surface area contributed by atoms with Gasteiger partial charge in [0.05, 0.1) is 18.0 Å². The molecule has 0 aliphatic carbocycles. The minimum absolute atomic E-state index is 0.199. The SMILES string of the molecule is CCCNC(Cc1ccn(C(C)CC)n1)c1ccco1. The first-order valence-corrected chi connectivity index (χ1v) is 7.55. The fourth-order valence-electron chi connectivity index (χ4n) is 2.21. The highest BCUT2D eigenvalue weighted by molar-refractivity contribution is 5.10. The zero-order valence-corrected chi connectivity index (χ0v) is 12.7. The van der Waals surface area contributed by atoms with E-state index in [-0.39, 0.29) is 6.04 Å². The molecular weight excluding hydrogens is 250 g/mol. The zero-order chi connectivity index (χ0) is 14.4. The number of rotatable bonds is 8. The first-order chi connectivity index (χ1) is 9.74. The highest BCUT2D eigenvalue weighted by Gasteiger charge is 2.16. The van der Waals surface area contributed by atoms with E-state index in [9.17, 15) is 0 Å². The Balaban J connectivity index is 2.05. The minimum atomic E-state index is 0.199. The van der Waals surface area contributed by atoms with E-state index in [1.54, 1.807) is 6.26 Å². The largest absolute Gasteiger partial charge is 0.468 e. The number of nitrogens with zero attached hydrogens (tertiary/aromatic N) is 2. The summed E-state index contributed by atoms with van der Waals surface area (Å²) in [6.45, 7) is 7.53. The summed E-state index contributed by atoms with van der Waals surface area (Å²) in [6.07, 6.45) is 6.86. The van der Waals surface area contributed by atoms with Crippen molar-refractivity contribution in [3.63, 3.8) is 0 Å². The van der Waals surface area contributed by atoms with Gasteiger partial charge in [-0.15, -0.1) is 0 Å². The lowest BCUT2D eigenvalue weighted by Gasteiger charge is -2.15. The van der Waals surface area contributed by atoms with Crippen LogP contribution in [0.5, 0.6) is 0 Å². The van der Waals surface area contributed by atoms with Gasteiger partial charge < -0.3 is 9.73 Å². The highest BCUT2D eigenvalue weighted by Crippen LogP contribution is 2.19. The fraction of sp³-hybridized carbons (Fsp3) is 0.562. The Morgan fingerprint density at radius 3 is 2.85 bits per heavy atom. The number of aromatic nitrogens is 2. The number of hydrogen-bond acceptors (Lipinski definition) is 3. The first-order valence-electron chi connectivity index (χ1n) is 7.55. The molecule has 1 N–H and O–H groups in total. The molecule has 2 heterocycles. The van der Waals surface area contributed by atoms with Crippen LogP contribution in [0.15, 0.2) is 35.1 Å². The average Bonchev–Trinajstić information content (AvgIpc) is 3.13. The third kappa shape index (κ3) is 3.73. The summed E-state index contributed by atoms with van der Waals surface area (Å²) < 4.78 is 7.59. The Labute approximate surface area is 121 Å². The summed E-state index contributed by atoms with van der Waals surface area (Å²) in [5.74, 6) is 0.983. The molecule has 2 aromatic heterocycles. The maximum atomic E-state index is 5.54. The predicted molar refractivity (Wildman–Crippen MR) is 80.7 cm³/mol. The lowest BCUT2D eigenvalue weighted by atomic mass is 10.1. The lowest BCUT2D eigenvalue weighted by Crippen LogP contribution is -2.24. The van der Waals surface area contributed by atoms with E-state index < -0.39 is 0 Å². The van der Waals surface area contributed by atoms with Crippen LogP contribution in [0.4, 0.5) is 0 Å². The van der Waals surface area contributed by atoms with E-state index >= 15 is 0 Å². The monoisotopic (exact) mass is 275 g/mol. The lowest BCUT2D eigenvalue weighted by molar-refractivity contribution is 0.404. The first kappa shape index (κ1) is 14.9. The molecule has 2 atom stereocenters. The number of hydrogen-bond donors (Lipinski definition) is 1. The molecule has 0 saturated heterocycles. The van der Waals surface area contributed by atoms with E-state index in [2.05, 4.69) is 43.4 Å². The molecule has 0 aliphatic rings. The molecule has 0 amide bonds. The third-order valence-corrected chi connectivity index (χ3v) is 3.65. The molecule has 0 spiro atoms.